The molecule has 5 heteroatoms. The molecule has 1 unspecified atom stereocenters. The van der Waals surface area contributed by atoms with Crippen LogP contribution < -0.4 is 0 Å². The van der Waals surface area contributed by atoms with Gasteiger partial charge in [-0.3, -0.25) is 0 Å². The van der Waals surface area contributed by atoms with Gasteiger partial charge in [0.05, 0.1) is 19.2 Å². The van der Waals surface area contributed by atoms with E-state index in [0.29, 0.717) is 6.42 Å². The average molecular weight is 186 g/mol. The molecule has 1 aliphatic rings. The fourth-order valence-electron chi connectivity index (χ4n) is 2.03. The van der Waals surface area contributed by atoms with Crippen LogP contribution in [0.3, 0.4) is 0 Å². The molecule has 1 atom stereocenters. The molecule has 0 spiro atoms. The number of aliphatic hydroxyl groups is 1. The van der Waals surface area contributed by atoms with Crippen LogP contribution in [0.2, 0.25) is 0 Å². The third-order valence-electron chi connectivity index (χ3n) is 2.71. The van der Waals surface area contributed by atoms with Gasteiger partial charge in [-0.15, -0.1) is 0 Å². The Balaban J connectivity index is 2.63. The molecule has 13 heavy (non-hydrogen) atoms. The first kappa shape index (κ1) is 10.2. The van der Waals surface area contributed by atoms with Crippen molar-refractivity contribution in [2.45, 2.75) is 31.8 Å². The van der Waals surface area contributed by atoms with Crippen LogP contribution in [0.25, 0.3) is 0 Å². The fourth-order valence-corrected chi connectivity index (χ4v) is 2.03. The molecule has 0 aliphatic heterocycles. The molecule has 1 aliphatic carbocycles. The van der Waals surface area contributed by atoms with E-state index >= 15 is 0 Å². The van der Waals surface area contributed by atoms with E-state index in [0.717, 1.165) is 19.3 Å². The Kier molecular flexibility index (Phi) is 3.48. The first-order valence-electron chi connectivity index (χ1n) is 4.49. The number of aliphatic hydroxyl groups excluding tert-OH is 1. The van der Waals surface area contributed by atoms with Crippen LogP contribution >= 0.6 is 0 Å². The van der Waals surface area contributed by atoms with Gasteiger partial charge in [-0.1, -0.05) is 16.8 Å². The van der Waals surface area contributed by atoms with Gasteiger partial charge in [0.1, 0.15) is 0 Å². The summed E-state index contributed by atoms with van der Waals surface area (Å²) in [7, 11) is 0. The first-order valence-corrected chi connectivity index (χ1v) is 4.49. The predicted octanol–water partition coefficient (Wildman–Crippen LogP) is 1.44. The van der Waals surface area contributed by atoms with Crippen LogP contribution in [0.15, 0.2) is 10.4 Å². The highest BCUT2D eigenvalue weighted by atomic mass is 16.3. The van der Waals surface area contributed by atoms with Crippen LogP contribution in [0, 0.1) is 15.2 Å². The summed E-state index contributed by atoms with van der Waals surface area (Å²) < 4.78 is 0. The molecule has 0 amide bonds. The molecular formula is C8H14N2O3. The normalized spacial score (nSPS) is 26.7. The molecule has 0 aromatic heterocycles. The van der Waals surface area contributed by atoms with Crippen molar-refractivity contribution in [3.8, 4) is 0 Å². The van der Waals surface area contributed by atoms with Crippen molar-refractivity contribution in [3.05, 3.63) is 9.81 Å². The maximum absolute atomic E-state index is 10.2. The van der Waals surface area contributed by atoms with Gasteiger partial charge in [-0.05, 0) is 19.3 Å². The summed E-state index contributed by atoms with van der Waals surface area (Å²) in [5, 5.41) is 15.1. The van der Waals surface area contributed by atoms with Gasteiger partial charge >= 0.3 is 0 Å². The summed E-state index contributed by atoms with van der Waals surface area (Å²) in [5.74, 6) is 0. The second-order valence-corrected chi connectivity index (χ2v) is 3.82. The van der Waals surface area contributed by atoms with E-state index in [9.17, 15) is 14.9 Å². The number of nitroso groups, excluding NO2 is 2. The van der Waals surface area contributed by atoms with Crippen molar-refractivity contribution < 1.29 is 5.11 Å². The molecule has 1 fully saturated rings. The minimum absolute atomic E-state index is 0.0931. The van der Waals surface area contributed by atoms with Crippen LogP contribution in [0.4, 0.5) is 0 Å². The molecule has 5 nitrogen and oxygen atoms in total. The lowest BCUT2D eigenvalue weighted by molar-refractivity contribution is 0.0558. The van der Waals surface area contributed by atoms with Gasteiger partial charge in [-0.2, -0.15) is 9.81 Å². The molecule has 1 saturated carbocycles. The van der Waals surface area contributed by atoms with Gasteiger partial charge in [0, 0.05) is 5.41 Å². The van der Waals surface area contributed by atoms with Crippen LogP contribution in [0.5, 0.6) is 0 Å². The summed E-state index contributed by atoms with van der Waals surface area (Å²) in [5.41, 5.74) is -0.457. The Morgan fingerprint density at radius 3 is 2.38 bits per heavy atom. The fraction of sp³-hybridized carbons (Fsp3) is 1.00. The minimum atomic E-state index is -0.457. The Hall–Kier alpha value is -0.840. The van der Waals surface area contributed by atoms with Crippen LogP contribution in [-0.4, -0.2) is 24.3 Å². The summed E-state index contributed by atoms with van der Waals surface area (Å²) in [6, 6.07) is 0. The van der Waals surface area contributed by atoms with Crippen molar-refractivity contribution in [1.82, 2.24) is 0 Å². The summed E-state index contributed by atoms with van der Waals surface area (Å²) in [4.78, 5) is 20.4. The second-order valence-electron chi connectivity index (χ2n) is 3.82. The van der Waals surface area contributed by atoms with E-state index in [2.05, 4.69) is 10.4 Å². The number of hydrogen-bond donors (Lipinski definition) is 1. The van der Waals surface area contributed by atoms with Gasteiger partial charge in [0.25, 0.3) is 0 Å². The summed E-state index contributed by atoms with van der Waals surface area (Å²) >= 11 is 0. The largest absolute Gasteiger partial charge is 0.393 e. The molecule has 0 radical (unpaired) electrons. The van der Waals surface area contributed by atoms with Gasteiger partial charge < -0.3 is 5.11 Å². The molecule has 0 aromatic carbocycles. The smallest absolute Gasteiger partial charge is 0.0887 e. The quantitative estimate of drug-likeness (QED) is 0.674. The lowest BCUT2D eigenvalue weighted by Gasteiger charge is -2.35. The Labute approximate surface area is 76.5 Å². The Morgan fingerprint density at radius 2 is 1.92 bits per heavy atom. The van der Waals surface area contributed by atoms with E-state index in [1.807, 2.05) is 0 Å². The maximum atomic E-state index is 10.2. The van der Waals surface area contributed by atoms with E-state index < -0.39 is 11.5 Å². The molecule has 0 heterocycles. The number of nitrogens with zero attached hydrogens (tertiary/aromatic N) is 2. The monoisotopic (exact) mass is 186 g/mol. The van der Waals surface area contributed by atoms with Crippen molar-refractivity contribution in [3.63, 3.8) is 0 Å². The summed E-state index contributed by atoms with van der Waals surface area (Å²) in [6.07, 6.45) is 2.43. The van der Waals surface area contributed by atoms with Gasteiger partial charge in [-0.25, -0.2) is 0 Å². The molecule has 0 bridgehead atoms. The van der Waals surface area contributed by atoms with Gasteiger partial charge in [0.15, 0.2) is 0 Å². The maximum Gasteiger partial charge on any atom is 0.0887 e. The molecule has 0 saturated heterocycles. The lowest BCUT2D eigenvalue weighted by Crippen LogP contribution is -2.36. The summed E-state index contributed by atoms with van der Waals surface area (Å²) in [6.45, 7) is 0.186. The highest BCUT2D eigenvalue weighted by molar-refractivity contribution is 4.89. The lowest BCUT2D eigenvalue weighted by atomic mass is 9.73. The van der Waals surface area contributed by atoms with E-state index in [-0.39, 0.29) is 13.1 Å². The number of rotatable bonds is 4. The molecular weight excluding hydrogens is 172 g/mol. The molecule has 1 rings (SSSR count). The minimum Gasteiger partial charge on any atom is -0.393 e. The standard InChI is InChI=1S/C8H14N2O3/c11-7-2-1-3-8(4-7,5-9-12)6-10-13/h7,11H,1-6H2. The molecule has 0 aromatic rings. The highest BCUT2D eigenvalue weighted by Gasteiger charge is 2.36. The average Bonchev–Trinajstić information content (AvgIpc) is 2.04. The van der Waals surface area contributed by atoms with Gasteiger partial charge in [0.2, 0.25) is 0 Å². The SMILES string of the molecule is O=NCC1(CN=O)CCCC(O)C1. The zero-order valence-corrected chi connectivity index (χ0v) is 7.48. The van der Waals surface area contributed by atoms with Crippen molar-refractivity contribution in [2.24, 2.45) is 15.8 Å². The third-order valence-corrected chi connectivity index (χ3v) is 2.71. The first-order chi connectivity index (χ1) is 6.22. The Morgan fingerprint density at radius 1 is 1.31 bits per heavy atom. The predicted molar refractivity (Wildman–Crippen MR) is 48.2 cm³/mol. The van der Waals surface area contributed by atoms with Crippen molar-refractivity contribution in [1.29, 1.82) is 0 Å². The van der Waals surface area contributed by atoms with Crippen molar-refractivity contribution >= 4 is 0 Å². The topological polar surface area (TPSA) is 79.1 Å². The third kappa shape index (κ3) is 2.55. The van der Waals surface area contributed by atoms with Crippen LogP contribution in [-0.2, 0) is 0 Å². The molecule has 74 valence electrons. The Bertz CT molecular complexity index is 186. The molecule has 1 N–H and O–H groups in total. The zero-order valence-electron chi connectivity index (χ0n) is 7.48. The van der Waals surface area contributed by atoms with E-state index in [1.165, 1.54) is 0 Å². The van der Waals surface area contributed by atoms with Crippen LogP contribution in [0.1, 0.15) is 25.7 Å². The number of hydrogen-bond acceptors (Lipinski definition) is 5. The highest BCUT2D eigenvalue weighted by Crippen LogP contribution is 2.37. The van der Waals surface area contributed by atoms with Crippen molar-refractivity contribution in [2.75, 3.05) is 13.1 Å². The van der Waals surface area contributed by atoms with E-state index in [4.69, 9.17) is 0 Å². The second kappa shape index (κ2) is 4.41. The van der Waals surface area contributed by atoms with E-state index in [1.54, 1.807) is 0 Å². The zero-order chi connectivity index (χ0) is 9.73.